The molecule has 0 spiro atoms. The zero-order valence-corrected chi connectivity index (χ0v) is 13.9. The van der Waals surface area contributed by atoms with Gasteiger partial charge in [-0.1, -0.05) is 23.7 Å². The lowest BCUT2D eigenvalue weighted by Crippen LogP contribution is -2.38. The van der Waals surface area contributed by atoms with Crippen LogP contribution in [0.15, 0.2) is 53.7 Å². The molecular weight excluding hydrogens is 328 g/mol. The number of nitrogens with one attached hydrogen (secondary N) is 1. The number of amides is 1. The van der Waals surface area contributed by atoms with Gasteiger partial charge in [-0.15, -0.1) is 0 Å². The summed E-state index contributed by atoms with van der Waals surface area (Å²) in [4.78, 5) is 24.6. The molecule has 0 radical (unpaired) electrons. The van der Waals surface area contributed by atoms with Crippen LogP contribution in [0.25, 0.3) is 5.52 Å². The Morgan fingerprint density at radius 2 is 2.04 bits per heavy atom. The van der Waals surface area contributed by atoms with E-state index in [1.807, 2.05) is 24.3 Å². The van der Waals surface area contributed by atoms with Crippen LogP contribution in [-0.4, -0.2) is 26.6 Å². The number of benzene rings is 1. The molecule has 6 nitrogen and oxygen atoms in total. The monoisotopic (exact) mass is 344 g/mol. The average molecular weight is 345 g/mol. The average Bonchev–Trinajstić information content (AvgIpc) is 3.06. The van der Waals surface area contributed by atoms with Gasteiger partial charge in [0, 0.05) is 17.8 Å². The van der Waals surface area contributed by atoms with Crippen LogP contribution in [0, 0.1) is 0 Å². The number of hydrogen-bond acceptors (Lipinski definition) is 3. The first kappa shape index (κ1) is 16.3. The second kappa shape index (κ2) is 6.88. The highest BCUT2D eigenvalue weighted by Crippen LogP contribution is 2.09. The van der Waals surface area contributed by atoms with E-state index in [1.54, 1.807) is 29.7 Å². The number of nitrogens with zero attached hydrogens (tertiary/aromatic N) is 3. The minimum absolute atomic E-state index is 0.241. The molecule has 124 valence electrons. The van der Waals surface area contributed by atoms with E-state index in [0.29, 0.717) is 23.5 Å². The summed E-state index contributed by atoms with van der Waals surface area (Å²) in [5, 5.41) is 7.58. The maximum Gasteiger partial charge on any atom is 0.291 e. The van der Waals surface area contributed by atoms with Crippen molar-refractivity contribution >= 4 is 23.0 Å². The van der Waals surface area contributed by atoms with Gasteiger partial charge >= 0.3 is 0 Å². The summed E-state index contributed by atoms with van der Waals surface area (Å²) in [6, 6.07) is 10.3. The molecule has 1 amide bonds. The molecule has 3 aromatic rings. The van der Waals surface area contributed by atoms with Crippen LogP contribution in [0.4, 0.5) is 0 Å². The Kier molecular flexibility index (Phi) is 4.66. The van der Waals surface area contributed by atoms with Gasteiger partial charge in [0.1, 0.15) is 17.9 Å². The molecule has 24 heavy (non-hydrogen) atoms. The minimum Gasteiger partial charge on any atom is -0.354 e. The van der Waals surface area contributed by atoms with Gasteiger partial charge < -0.3 is 9.72 Å². The fraction of sp³-hybridized carbons (Fsp3) is 0.235. The Balaban J connectivity index is 1.64. The molecule has 3 rings (SSSR count). The molecule has 2 aromatic heterocycles. The fourth-order valence-corrected chi connectivity index (χ4v) is 2.60. The highest BCUT2D eigenvalue weighted by atomic mass is 35.5. The molecule has 0 fully saturated rings. The number of fused-ring (bicyclic) bond motifs is 1. The summed E-state index contributed by atoms with van der Waals surface area (Å²) in [6.07, 6.45) is 3.95. The van der Waals surface area contributed by atoms with Gasteiger partial charge in [-0.2, -0.15) is 5.10 Å². The smallest absolute Gasteiger partial charge is 0.291 e. The molecule has 7 heteroatoms. The van der Waals surface area contributed by atoms with Gasteiger partial charge in [0.25, 0.3) is 5.56 Å². The van der Waals surface area contributed by atoms with Crippen molar-refractivity contribution < 1.29 is 4.79 Å². The first-order valence-corrected chi connectivity index (χ1v) is 8.01. The first-order chi connectivity index (χ1) is 11.6. The molecule has 0 saturated carbocycles. The van der Waals surface area contributed by atoms with Gasteiger partial charge in [-0.25, -0.2) is 4.68 Å². The summed E-state index contributed by atoms with van der Waals surface area (Å²) < 4.78 is 2.83. The minimum atomic E-state index is -0.678. The van der Waals surface area contributed by atoms with E-state index in [0.717, 1.165) is 5.56 Å². The van der Waals surface area contributed by atoms with Crippen LogP contribution in [0.1, 0.15) is 18.5 Å². The third-order valence-electron chi connectivity index (χ3n) is 3.88. The largest absolute Gasteiger partial charge is 0.354 e. The highest BCUT2D eigenvalue weighted by molar-refractivity contribution is 6.30. The SMILES string of the molecule is CC(C(=O)NCCc1ccc(Cl)cc1)n1ncn2cccc2c1=O. The lowest BCUT2D eigenvalue weighted by Gasteiger charge is -2.14. The Labute approximate surface area is 143 Å². The van der Waals surface area contributed by atoms with Crippen molar-refractivity contribution in [3.63, 3.8) is 0 Å². The maximum absolute atomic E-state index is 12.3. The number of rotatable bonds is 5. The topological polar surface area (TPSA) is 68.4 Å². The maximum atomic E-state index is 12.3. The summed E-state index contributed by atoms with van der Waals surface area (Å²) in [5.74, 6) is -0.241. The molecule has 1 atom stereocenters. The summed E-state index contributed by atoms with van der Waals surface area (Å²) >= 11 is 5.84. The zero-order chi connectivity index (χ0) is 17.1. The van der Waals surface area contributed by atoms with Crippen molar-refractivity contribution in [1.82, 2.24) is 19.5 Å². The molecule has 0 aliphatic rings. The number of carbonyl (C=O) groups excluding carboxylic acids is 1. The lowest BCUT2D eigenvalue weighted by atomic mass is 10.1. The standard InChI is InChI=1S/C17H17ClN4O2/c1-12(22-17(24)15-3-2-10-21(15)11-20-22)16(23)19-9-8-13-4-6-14(18)7-5-13/h2-7,10-12H,8-9H2,1H3,(H,19,23). The van der Waals surface area contributed by atoms with Crippen molar-refractivity contribution in [1.29, 1.82) is 0 Å². The Bertz CT molecular complexity index is 914. The number of carbonyl (C=O) groups is 1. The van der Waals surface area contributed by atoms with Crippen LogP contribution >= 0.6 is 11.6 Å². The fourth-order valence-electron chi connectivity index (χ4n) is 2.47. The molecule has 0 bridgehead atoms. The second-order valence-corrected chi connectivity index (χ2v) is 5.96. The van der Waals surface area contributed by atoms with E-state index >= 15 is 0 Å². The molecule has 0 aliphatic carbocycles. The molecule has 1 aromatic carbocycles. The van der Waals surface area contributed by atoms with E-state index in [2.05, 4.69) is 10.4 Å². The summed E-state index contributed by atoms with van der Waals surface area (Å²) in [6.45, 7) is 2.14. The van der Waals surface area contributed by atoms with Crippen molar-refractivity contribution in [2.24, 2.45) is 0 Å². The van der Waals surface area contributed by atoms with Crippen LogP contribution < -0.4 is 10.9 Å². The summed E-state index contributed by atoms with van der Waals surface area (Å²) in [7, 11) is 0. The molecule has 2 heterocycles. The number of hydrogen-bond donors (Lipinski definition) is 1. The van der Waals surface area contributed by atoms with Crippen molar-refractivity contribution in [2.45, 2.75) is 19.4 Å². The molecule has 1 N–H and O–H groups in total. The molecule has 0 saturated heterocycles. The van der Waals surface area contributed by atoms with Crippen molar-refractivity contribution in [3.8, 4) is 0 Å². The van der Waals surface area contributed by atoms with Crippen molar-refractivity contribution in [3.05, 3.63) is 69.9 Å². The first-order valence-electron chi connectivity index (χ1n) is 7.63. The highest BCUT2D eigenvalue weighted by Gasteiger charge is 2.18. The third kappa shape index (κ3) is 3.33. The number of halogens is 1. The predicted molar refractivity (Wildman–Crippen MR) is 92.3 cm³/mol. The van der Waals surface area contributed by atoms with E-state index in [1.165, 1.54) is 11.0 Å². The Morgan fingerprint density at radius 1 is 1.29 bits per heavy atom. The predicted octanol–water partition coefficient (Wildman–Crippen LogP) is 2.07. The van der Waals surface area contributed by atoms with Crippen LogP contribution in [0.2, 0.25) is 5.02 Å². The van der Waals surface area contributed by atoms with Gasteiger partial charge in [-0.3, -0.25) is 9.59 Å². The van der Waals surface area contributed by atoms with Crippen LogP contribution in [-0.2, 0) is 11.2 Å². The lowest BCUT2D eigenvalue weighted by molar-refractivity contribution is -0.124. The van der Waals surface area contributed by atoms with Crippen molar-refractivity contribution in [2.75, 3.05) is 6.54 Å². The van der Waals surface area contributed by atoms with Crippen LogP contribution in [0.3, 0.4) is 0 Å². The second-order valence-electron chi connectivity index (χ2n) is 5.52. The number of aromatic nitrogens is 3. The quantitative estimate of drug-likeness (QED) is 0.770. The Morgan fingerprint density at radius 3 is 2.79 bits per heavy atom. The van der Waals surface area contributed by atoms with Gasteiger partial charge in [0.05, 0.1) is 0 Å². The normalized spacial score (nSPS) is 12.2. The van der Waals surface area contributed by atoms with E-state index in [4.69, 9.17) is 11.6 Å². The van der Waals surface area contributed by atoms with E-state index < -0.39 is 6.04 Å². The molecule has 0 aliphatic heterocycles. The zero-order valence-electron chi connectivity index (χ0n) is 13.1. The van der Waals surface area contributed by atoms with E-state index in [9.17, 15) is 9.59 Å². The van der Waals surface area contributed by atoms with Gasteiger partial charge in [-0.05, 0) is 43.2 Å². The summed E-state index contributed by atoms with van der Waals surface area (Å²) in [5.41, 5.74) is 1.28. The van der Waals surface area contributed by atoms with E-state index in [-0.39, 0.29) is 11.5 Å². The molecule has 1 unspecified atom stereocenters. The van der Waals surface area contributed by atoms with Gasteiger partial charge in [0.15, 0.2) is 0 Å². The molecular formula is C17H17ClN4O2. The Hall–Kier alpha value is -2.60. The third-order valence-corrected chi connectivity index (χ3v) is 4.13. The van der Waals surface area contributed by atoms with Gasteiger partial charge in [0.2, 0.25) is 5.91 Å². The van der Waals surface area contributed by atoms with Crippen LogP contribution in [0.5, 0.6) is 0 Å².